The van der Waals surface area contributed by atoms with E-state index in [4.69, 9.17) is 0 Å². The Labute approximate surface area is 129 Å². The van der Waals surface area contributed by atoms with E-state index in [0.717, 1.165) is 26.2 Å². The second-order valence-corrected chi connectivity index (χ2v) is 5.92. The van der Waals surface area contributed by atoms with Gasteiger partial charge in [-0.1, -0.05) is 18.2 Å². The van der Waals surface area contributed by atoms with Gasteiger partial charge in [0, 0.05) is 17.1 Å². The van der Waals surface area contributed by atoms with E-state index in [9.17, 15) is 9.90 Å². The molecule has 0 amide bonds. The number of hydrogen-bond acceptors (Lipinski definition) is 4. The summed E-state index contributed by atoms with van der Waals surface area (Å²) in [5.74, 6) is -0.980. The SMILES string of the molecule is O=C(O)c1cc(-c2nc3ccccc3s2)cc2cccnc12. The third-order valence-electron chi connectivity index (χ3n) is 3.48. The van der Waals surface area contributed by atoms with Gasteiger partial charge >= 0.3 is 5.97 Å². The average molecular weight is 306 g/mol. The Morgan fingerprint density at radius 3 is 2.77 bits per heavy atom. The maximum Gasteiger partial charge on any atom is 0.337 e. The first-order valence-corrected chi connectivity index (χ1v) is 7.52. The van der Waals surface area contributed by atoms with Gasteiger partial charge in [0.25, 0.3) is 0 Å². The van der Waals surface area contributed by atoms with Gasteiger partial charge in [-0.2, -0.15) is 0 Å². The average Bonchev–Trinajstić information content (AvgIpc) is 2.97. The standard InChI is InChI=1S/C17H10N2O2S/c20-17(21)12-9-11(8-10-4-3-7-18-15(10)12)16-19-13-5-1-2-6-14(13)22-16/h1-9H,(H,20,21). The fraction of sp³-hybridized carbons (Fsp3) is 0. The van der Waals surface area contributed by atoms with Crippen LogP contribution in [0.15, 0.2) is 54.7 Å². The number of pyridine rings is 1. The minimum atomic E-state index is -0.980. The largest absolute Gasteiger partial charge is 0.478 e. The van der Waals surface area contributed by atoms with Gasteiger partial charge in [-0.15, -0.1) is 11.3 Å². The van der Waals surface area contributed by atoms with Gasteiger partial charge in [-0.05, 0) is 30.3 Å². The molecule has 0 aliphatic carbocycles. The Morgan fingerprint density at radius 1 is 1.09 bits per heavy atom. The predicted molar refractivity (Wildman–Crippen MR) is 87.3 cm³/mol. The number of thiazole rings is 1. The number of nitrogens with zero attached hydrogens (tertiary/aromatic N) is 2. The minimum Gasteiger partial charge on any atom is -0.478 e. The topological polar surface area (TPSA) is 63.1 Å². The molecule has 0 unspecified atom stereocenters. The summed E-state index contributed by atoms with van der Waals surface area (Å²) < 4.78 is 1.08. The first-order valence-electron chi connectivity index (χ1n) is 6.70. The van der Waals surface area contributed by atoms with E-state index in [1.54, 1.807) is 29.7 Å². The normalized spacial score (nSPS) is 11.1. The molecule has 1 N–H and O–H groups in total. The molecule has 106 valence electrons. The van der Waals surface area contributed by atoms with Crippen molar-refractivity contribution >= 4 is 38.4 Å². The summed E-state index contributed by atoms with van der Waals surface area (Å²) in [4.78, 5) is 20.3. The molecular formula is C17H10N2O2S. The van der Waals surface area contributed by atoms with Gasteiger partial charge in [0.2, 0.25) is 0 Å². The highest BCUT2D eigenvalue weighted by Gasteiger charge is 2.14. The number of rotatable bonds is 2. The number of para-hydroxylation sites is 1. The van der Waals surface area contributed by atoms with Crippen molar-refractivity contribution in [2.45, 2.75) is 0 Å². The molecular weight excluding hydrogens is 296 g/mol. The van der Waals surface area contributed by atoms with E-state index >= 15 is 0 Å². The lowest BCUT2D eigenvalue weighted by molar-refractivity contribution is 0.0699. The molecule has 4 rings (SSSR count). The number of carboxylic acid groups (broad SMARTS) is 1. The summed E-state index contributed by atoms with van der Waals surface area (Å²) in [5.41, 5.74) is 2.43. The molecule has 22 heavy (non-hydrogen) atoms. The van der Waals surface area contributed by atoms with E-state index < -0.39 is 5.97 Å². The lowest BCUT2D eigenvalue weighted by Crippen LogP contribution is -1.99. The van der Waals surface area contributed by atoms with Gasteiger partial charge in [0.05, 0.1) is 21.3 Å². The van der Waals surface area contributed by atoms with Crippen molar-refractivity contribution in [1.82, 2.24) is 9.97 Å². The van der Waals surface area contributed by atoms with E-state index in [1.165, 1.54) is 0 Å². The van der Waals surface area contributed by atoms with E-state index in [-0.39, 0.29) is 5.56 Å². The molecule has 0 fully saturated rings. The summed E-state index contributed by atoms with van der Waals surface area (Å²) in [5, 5.41) is 11.1. The van der Waals surface area contributed by atoms with Crippen LogP contribution in [0.3, 0.4) is 0 Å². The molecule has 2 aromatic heterocycles. The number of carbonyl (C=O) groups is 1. The van der Waals surface area contributed by atoms with E-state index in [1.807, 2.05) is 36.4 Å². The van der Waals surface area contributed by atoms with E-state index in [2.05, 4.69) is 9.97 Å². The van der Waals surface area contributed by atoms with Crippen LogP contribution in [-0.2, 0) is 0 Å². The first kappa shape index (κ1) is 12.9. The Bertz CT molecular complexity index is 990. The van der Waals surface area contributed by atoms with Crippen LogP contribution in [0.2, 0.25) is 0 Å². The lowest BCUT2D eigenvalue weighted by atomic mass is 10.1. The van der Waals surface area contributed by atoms with Gasteiger partial charge in [0.1, 0.15) is 5.01 Å². The zero-order valence-corrected chi connectivity index (χ0v) is 12.2. The molecule has 4 aromatic rings. The summed E-state index contributed by atoms with van der Waals surface area (Å²) in [6.45, 7) is 0. The van der Waals surface area contributed by atoms with Gasteiger partial charge < -0.3 is 5.11 Å². The maximum absolute atomic E-state index is 11.5. The van der Waals surface area contributed by atoms with Crippen LogP contribution in [0.25, 0.3) is 31.7 Å². The summed E-state index contributed by atoms with van der Waals surface area (Å²) >= 11 is 1.55. The monoisotopic (exact) mass is 306 g/mol. The van der Waals surface area contributed by atoms with Crippen molar-refractivity contribution in [3.63, 3.8) is 0 Å². The number of fused-ring (bicyclic) bond motifs is 2. The van der Waals surface area contributed by atoms with Crippen molar-refractivity contribution in [2.75, 3.05) is 0 Å². The molecule has 0 bridgehead atoms. The Kier molecular flexibility index (Phi) is 2.87. The molecule has 0 aliphatic rings. The number of benzene rings is 2. The molecule has 2 heterocycles. The quantitative estimate of drug-likeness (QED) is 0.602. The van der Waals surface area contributed by atoms with E-state index in [0.29, 0.717) is 5.52 Å². The van der Waals surface area contributed by atoms with Gasteiger partial charge in [-0.25, -0.2) is 9.78 Å². The fourth-order valence-electron chi connectivity index (χ4n) is 2.47. The number of aromatic carboxylic acids is 1. The van der Waals surface area contributed by atoms with Gasteiger partial charge in [-0.3, -0.25) is 4.98 Å². The Hall–Kier alpha value is -2.79. The molecule has 0 aliphatic heterocycles. The van der Waals surface area contributed by atoms with Crippen LogP contribution in [0, 0.1) is 0 Å². The second kappa shape index (κ2) is 4.89. The zero-order valence-electron chi connectivity index (χ0n) is 11.4. The van der Waals surface area contributed by atoms with Crippen molar-refractivity contribution < 1.29 is 9.90 Å². The van der Waals surface area contributed by atoms with Crippen molar-refractivity contribution in [3.8, 4) is 10.6 Å². The van der Waals surface area contributed by atoms with Crippen LogP contribution < -0.4 is 0 Å². The fourth-order valence-corrected chi connectivity index (χ4v) is 3.43. The van der Waals surface area contributed by atoms with Crippen molar-refractivity contribution in [3.05, 3.63) is 60.3 Å². The molecule has 0 radical (unpaired) electrons. The molecule has 0 atom stereocenters. The number of hydrogen-bond donors (Lipinski definition) is 1. The summed E-state index contributed by atoms with van der Waals surface area (Å²) in [6, 6.07) is 15.1. The van der Waals surface area contributed by atoms with Gasteiger partial charge in [0.15, 0.2) is 0 Å². The highest BCUT2D eigenvalue weighted by molar-refractivity contribution is 7.21. The third kappa shape index (κ3) is 2.03. The predicted octanol–water partition coefficient (Wildman–Crippen LogP) is 4.21. The zero-order chi connectivity index (χ0) is 15.1. The summed E-state index contributed by atoms with van der Waals surface area (Å²) in [7, 11) is 0. The molecule has 2 aromatic carbocycles. The molecule has 5 heteroatoms. The smallest absolute Gasteiger partial charge is 0.337 e. The second-order valence-electron chi connectivity index (χ2n) is 4.89. The molecule has 0 saturated heterocycles. The highest BCUT2D eigenvalue weighted by atomic mass is 32.1. The lowest BCUT2D eigenvalue weighted by Gasteiger charge is -2.04. The van der Waals surface area contributed by atoms with Crippen LogP contribution in [0.1, 0.15) is 10.4 Å². The van der Waals surface area contributed by atoms with Crippen molar-refractivity contribution in [1.29, 1.82) is 0 Å². The number of carboxylic acids is 1. The molecule has 0 spiro atoms. The van der Waals surface area contributed by atoms with Crippen molar-refractivity contribution in [2.24, 2.45) is 0 Å². The third-order valence-corrected chi connectivity index (χ3v) is 4.56. The highest BCUT2D eigenvalue weighted by Crippen LogP contribution is 2.32. The van der Waals surface area contributed by atoms with Crippen LogP contribution in [-0.4, -0.2) is 21.0 Å². The Morgan fingerprint density at radius 2 is 1.95 bits per heavy atom. The van der Waals surface area contributed by atoms with Crippen LogP contribution >= 0.6 is 11.3 Å². The summed E-state index contributed by atoms with van der Waals surface area (Å²) in [6.07, 6.45) is 1.60. The molecule has 4 nitrogen and oxygen atoms in total. The van der Waals surface area contributed by atoms with Crippen LogP contribution in [0.5, 0.6) is 0 Å². The molecule has 0 saturated carbocycles. The minimum absolute atomic E-state index is 0.201. The Balaban J connectivity index is 2.00. The number of aromatic nitrogens is 2. The van der Waals surface area contributed by atoms with Crippen LogP contribution in [0.4, 0.5) is 0 Å². The maximum atomic E-state index is 11.5. The first-order chi connectivity index (χ1) is 10.7.